The number of carbonyl (C=O) groups is 3. The van der Waals surface area contributed by atoms with E-state index in [2.05, 4.69) is 13.8 Å². The molecular formula is C15H29IN4O5. The third kappa shape index (κ3) is 12.8. The van der Waals surface area contributed by atoms with Crippen LogP contribution in [0.5, 0.6) is 0 Å². The van der Waals surface area contributed by atoms with Crippen LogP contribution in [0.4, 0.5) is 4.79 Å². The van der Waals surface area contributed by atoms with Crippen LogP contribution in [0.1, 0.15) is 46.5 Å². The first-order valence-electron chi connectivity index (χ1n) is 8.11. The van der Waals surface area contributed by atoms with E-state index in [0.29, 0.717) is 19.4 Å². The Hall–Kier alpha value is -1.14. The van der Waals surface area contributed by atoms with Gasteiger partial charge in [-0.05, 0) is 46.6 Å². The highest BCUT2D eigenvalue weighted by Crippen LogP contribution is 2.07. The quantitative estimate of drug-likeness (QED) is 0.249. The van der Waals surface area contributed by atoms with Gasteiger partial charge in [0.05, 0.1) is 0 Å². The lowest BCUT2D eigenvalue weighted by Crippen LogP contribution is -2.45. The van der Waals surface area contributed by atoms with Crippen molar-refractivity contribution in [3.63, 3.8) is 0 Å². The molecule has 0 fully saturated rings. The number of nitrogens with one attached hydrogen (secondary N) is 2. The van der Waals surface area contributed by atoms with E-state index in [1.54, 1.807) is 27.8 Å². The molecule has 0 saturated heterocycles. The van der Waals surface area contributed by atoms with Crippen LogP contribution in [0.25, 0.3) is 0 Å². The van der Waals surface area contributed by atoms with E-state index in [4.69, 9.17) is 10.5 Å². The third-order valence-electron chi connectivity index (χ3n) is 3.00. The third-order valence-corrected chi connectivity index (χ3v) is 3.43. The van der Waals surface area contributed by atoms with Crippen molar-refractivity contribution in [2.45, 2.75) is 58.1 Å². The summed E-state index contributed by atoms with van der Waals surface area (Å²) >= 11 is 1.50. The first kappa shape index (κ1) is 23.9. The topological polar surface area (TPSA) is 123 Å². The minimum absolute atomic E-state index is 0.105. The van der Waals surface area contributed by atoms with Crippen LogP contribution in [-0.4, -0.2) is 54.8 Å². The van der Waals surface area contributed by atoms with Crippen molar-refractivity contribution in [1.29, 1.82) is 0 Å². The van der Waals surface area contributed by atoms with Gasteiger partial charge >= 0.3 is 12.1 Å². The number of carbonyl (C=O) groups excluding carboxylic acids is 3. The molecule has 0 aromatic carbocycles. The van der Waals surface area contributed by atoms with Crippen molar-refractivity contribution < 1.29 is 22.2 Å². The van der Waals surface area contributed by atoms with Crippen LogP contribution in [0.15, 0.2) is 0 Å². The summed E-state index contributed by atoms with van der Waals surface area (Å²) in [5, 5.41) is 4.10. The number of nitrogens with two attached hydrogens (primary N) is 1. The molecule has 0 aliphatic carbocycles. The molecule has 1 atom stereocenters. The number of rotatable bonds is 10. The highest BCUT2D eigenvalue weighted by Gasteiger charge is 2.22. The zero-order valence-corrected chi connectivity index (χ0v) is 17.4. The fraction of sp³-hybridized carbons (Fsp3) is 0.800. The molecule has 0 spiro atoms. The molecule has 10 heteroatoms. The number of hydrogen-bond donors (Lipinski definition) is 3. The second-order valence-electron chi connectivity index (χ2n) is 6.59. The number of ether oxygens (including phenoxy) is 1. The van der Waals surface area contributed by atoms with E-state index in [-0.39, 0.29) is 18.9 Å². The van der Waals surface area contributed by atoms with Gasteiger partial charge < -0.3 is 18.9 Å². The molecule has 25 heavy (non-hydrogen) atoms. The zero-order chi connectivity index (χ0) is 19.5. The highest BCUT2D eigenvalue weighted by atomic mass is 127. The van der Waals surface area contributed by atoms with Crippen LogP contribution < -0.4 is 16.5 Å². The molecule has 0 aliphatic heterocycles. The maximum atomic E-state index is 12.0. The van der Waals surface area contributed by atoms with E-state index in [1.807, 2.05) is 0 Å². The Morgan fingerprint density at radius 3 is 2.40 bits per heavy atom. The number of halogens is 1. The van der Waals surface area contributed by atoms with Gasteiger partial charge in [0.25, 0.3) is 0 Å². The van der Waals surface area contributed by atoms with E-state index in [9.17, 15) is 14.4 Å². The molecule has 0 aliphatic rings. The number of hydrazine groups is 1. The van der Waals surface area contributed by atoms with Crippen molar-refractivity contribution >= 4 is 41.0 Å². The number of unbranched alkanes of at least 4 members (excludes halogenated alkanes) is 1. The first-order chi connectivity index (χ1) is 11.6. The van der Waals surface area contributed by atoms with Crippen molar-refractivity contribution in [3.05, 3.63) is 0 Å². The Morgan fingerprint density at radius 2 is 1.88 bits per heavy atom. The van der Waals surface area contributed by atoms with Crippen LogP contribution in [0, 0.1) is 0 Å². The fourth-order valence-corrected chi connectivity index (χ4v) is 2.15. The molecule has 4 N–H and O–H groups in total. The molecule has 146 valence electrons. The van der Waals surface area contributed by atoms with Gasteiger partial charge in [-0.25, -0.2) is 14.6 Å². The maximum Gasteiger partial charge on any atom is 0.422 e. The molecule has 0 saturated carbocycles. The molecule has 0 heterocycles. The minimum atomic E-state index is -0.694. The van der Waals surface area contributed by atoms with Gasteiger partial charge in [0, 0.05) is 20.0 Å². The average molecular weight is 472 g/mol. The summed E-state index contributed by atoms with van der Waals surface area (Å²) < 4.78 is 9.79. The Bertz CT molecular complexity index is 442. The molecule has 0 aromatic rings. The van der Waals surface area contributed by atoms with Crippen LogP contribution in [0.3, 0.4) is 0 Å². The second kappa shape index (κ2) is 12.3. The van der Waals surface area contributed by atoms with Crippen molar-refractivity contribution in [3.8, 4) is 0 Å². The van der Waals surface area contributed by atoms with Crippen LogP contribution in [-0.2, 0) is 17.4 Å². The van der Waals surface area contributed by atoms with Crippen molar-refractivity contribution in [2.24, 2.45) is 5.73 Å². The van der Waals surface area contributed by atoms with Crippen molar-refractivity contribution in [2.75, 3.05) is 20.1 Å². The van der Waals surface area contributed by atoms with E-state index < -0.39 is 23.7 Å². The highest BCUT2D eigenvalue weighted by molar-refractivity contribution is 14.1. The molecular weight excluding hydrogens is 443 g/mol. The van der Waals surface area contributed by atoms with Crippen molar-refractivity contribution in [1.82, 2.24) is 15.8 Å². The standard InChI is InChI=1S/C15H29IN4O5/c1-15(2,3)24-14(23)19-20(4)10-8-12(21)18-11(13(22)25-16)7-5-6-9-17/h11H,5-10,17H2,1-4H3,(H,18,21)(H,19,23)/t11-/m0/s1. The summed E-state index contributed by atoms with van der Waals surface area (Å²) in [6.07, 6.45) is 1.46. The Morgan fingerprint density at radius 1 is 1.24 bits per heavy atom. The Kier molecular flexibility index (Phi) is 11.7. The van der Waals surface area contributed by atoms with Crippen LogP contribution in [0.2, 0.25) is 0 Å². The minimum Gasteiger partial charge on any atom is -0.443 e. The Labute approximate surface area is 163 Å². The van der Waals surface area contributed by atoms with Gasteiger partial charge in [0.1, 0.15) is 11.6 Å². The summed E-state index contributed by atoms with van der Waals surface area (Å²) in [4.78, 5) is 35.3. The molecule has 0 unspecified atom stereocenters. The predicted molar refractivity (Wildman–Crippen MR) is 102 cm³/mol. The largest absolute Gasteiger partial charge is 0.443 e. The monoisotopic (exact) mass is 472 g/mol. The van der Waals surface area contributed by atoms with Gasteiger partial charge in [-0.1, -0.05) is 0 Å². The van der Waals surface area contributed by atoms with Gasteiger partial charge in [-0.15, -0.1) is 0 Å². The van der Waals surface area contributed by atoms with E-state index >= 15 is 0 Å². The average Bonchev–Trinajstić information content (AvgIpc) is 2.49. The first-order valence-corrected chi connectivity index (χ1v) is 8.99. The van der Waals surface area contributed by atoms with Gasteiger partial charge in [0.15, 0.2) is 23.0 Å². The summed E-state index contributed by atoms with van der Waals surface area (Å²) in [6.45, 7) is 6.08. The van der Waals surface area contributed by atoms with Gasteiger partial charge in [-0.2, -0.15) is 0 Å². The summed E-state index contributed by atoms with van der Waals surface area (Å²) in [5.74, 6) is -0.802. The lowest BCUT2D eigenvalue weighted by Gasteiger charge is -2.23. The lowest BCUT2D eigenvalue weighted by molar-refractivity contribution is -0.137. The fourth-order valence-electron chi connectivity index (χ4n) is 1.84. The van der Waals surface area contributed by atoms with Gasteiger partial charge in [0.2, 0.25) is 5.91 Å². The molecule has 0 aromatic heterocycles. The second-order valence-corrected chi connectivity index (χ2v) is 7.03. The van der Waals surface area contributed by atoms with Gasteiger partial charge in [-0.3, -0.25) is 10.2 Å². The summed E-state index contributed by atoms with van der Waals surface area (Å²) in [6, 6.07) is -0.694. The SMILES string of the molecule is CN(CCC(=O)N[C@@H](CCCCN)C(=O)OI)NC(=O)OC(C)(C)C. The molecule has 2 amide bonds. The maximum absolute atomic E-state index is 12.0. The molecule has 9 nitrogen and oxygen atoms in total. The zero-order valence-electron chi connectivity index (χ0n) is 15.3. The smallest absolute Gasteiger partial charge is 0.422 e. The molecule has 0 rings (SSSR count). The molecule has 0 radical (unpaired) electrons. The number of hydrogen-bond acceptors (Lipinski definition) is 7. The van der Waals surface area contributed by atoms with Crippen LogP contribution >= 0.6 is 23.0 Å². The number of amides is 2. The lowest BCUT2D eigenvalue weighted by atomic mass is 10.1. The number of nitrogens with zero attached hydrogens (tertiary/aromatic N) is 1. The Balaban J connectivity index is 4.28. The van der Waals surface area contributed by atoms with E-state index in [0.717, 1.165) is 6.42 Å². The molecule has 0 bridgehead atoms. The summed E-state index contributed by atoms with van der Waals surface area (Å²) in [5.41, 5.74) is 7.34. The van der Waals surface area contributed by atoms with E-state index in [1.165, 1.54) is 28.0 Å². The predicted octanol–water partition coefficient (Wildman–Crippen LogP) is 1.26. The normalized spacial score (nSPS) is 12.4. The summed E-state index contributed by atoms with van der Waals surface area (Å²) in [7, 11) is 1.62.